The summed E-state index contributed by atoms with van der Waals surface area (Å²) in [5, 5.41) is 12.8. The van der Waals surface area contributed by atoms with Crippen LogP contribution in [0.4, 0.5) is 30.5 Å². The van der Waals surface area contributed by atoms with Gasteiger partial charge in [-0.3, -0.25) is 4.79 Å². The van der Waals surface area contributed by atoms with Crippen molar-refractivity contribution in [3.63, 3.8) is 0 Å². The van der Waals surface area contributed by atoms with Gasteiger partial charge in [0, 0.05) is 0 Å². The molecule has 0 unspecified atom stereocenters. The van der Waals surface area contributed by atoms with Crippen LogP contribution in [0, 0.1) is 0 Å². The molecule has 3 aromatic rings. The van der Waals surface area contributed by atoms with E-state index in [9.17, 15) is 18.0 Å². The number of para-hydroxylation sites is 2. The van der Waals surface area contributed by atoms with E-state index in [2.05, 4.69) is 20.8 Å². The lowest BCUT2D eigenvalue weighted by Gasteiger charge is -2.13. The maximum absolute atomic E-state index is 13.0. The summed E-state index contributed by atoms with van der Waals surface area (Å²) in [5.41, 5.74) is -0.645. The number of nitrogens with zero attached hydrogens (tertiary/aromatic N) is 2. The zero-order valence-corrected chi connectivity index (χ0v) is 14.6. The Labute approximate surface area is 158 Å². The minimum Gasteiger partial charge on any atom is -0.496 e. The molecule has 28 heavy (non-hydrogen) atoms. The van der Waals surface area contributed by atoms with E-state index >= 15 is 0 Å². The molecule has 3 rings (SSSR count). The van der Waals surface area contributed by atoms with E-state index in [0.717, 1.165) is 6.07 Å². The lowest BCUT2D eigenvalue weighted by atomic mass is 10.1. The first kappa shape index (κ1) is 19.2. The maximum Gasteiger partial charge on any atom is 0.418 e. The Balaban J connectivity index is 1.74. The van der Waals surface area contributed by atoms with Crippen LogP contribution in [-0.4, -0.2) is 23.2 Å². The molecule has 0 spiro atoms. The van der Waals surface area contributed by atoms with E-state index in [0.29, 0.717) is 11.3 Å². The summed E-state index contributed by atoms with van der Waals surface area (Å²) >= 11 is 0. The predicted octanol–water partition coefficient (Wildman–Crippen LogP) is 4.50. The molecule has 0 fully saturated rings. The molecule has 0 bridgehead atoms. The van der Waals surface area contributed by atoms with Crippen molar-refractivity contribution in [1.82, 2.24) is 10.2 Å². The number of halogens is 3. The fourth-order valence-corrected chi connectivity index (χ4v) is 2.46. The standard InChI is InChI=1S/C19H15F3N4O2/c1-28-15-9-5-2-6-12(15)18(27)24-17-11-10-16(25-26-17)23-14-8-4-3-7-13(14)19(20,21)22/h2-11H,1H3,(H,23,25)(H,24,26,27). The number of alkyl halides is 3. The maximum atomic E-state index is 13.0. The molecule has 0 radical (unpaired) electrons. The van der Waals surface area contributed by atoms with Gasteiger partial charge >= 0.3 is 6.18 Å². The monoisotopic (exact) mass is 388 g/mol. The smallest absolute Gasteiger partial charge is 0.418 e. The second kappa shape index (κ2) is 7.95. The highest BCUT2D eigenvalue weighted by atomic mass is 19.4. The molecule has 0 saturated heterocycles. The first-order chi connectivity index (χ1) is 13.4. The van der Waals surface area contributed by atoms with Gasteiger partial charge in [-0.15, -0.1) is 10.2 Å². The predicted molar refractivity (Wildman–Crippen MR) is 97.7 cm³/mol. The number of nitrogens with one attached hydrogen (secondary N) is 2. The van der Waals surface area contributed by atoms with Crippen molar-refractivity contribution in [3.05, 3.63) is 71.8 Å². The minimum absolute atomic E-state index is 0.104. The Kier molecular flexibility index (Phi) is 5.44. The molecule has 6 nitrogen and oxygen atoms in total. The fraction of sp³-hybridized carbons (Fsp3) is 0.105. The van der Waals surface area contributed by atoms with E-state index < -0.39 is 17.6 Å². The summed E-state index contributed by atoms with van der Waals surface area (Å²) in [4.78, 5) is 12.3. The minimum atomic E-state index is -4.50. The van der Waals surface area contributed by atoms with E-state index in [-0.39, 0.29) is 17.3 Å². The van der Waals surface area contributed by atoms with Gasteiger partial charge in [-0.2, -0.15) is 13.2 Å². The third-order valence-electron chi connectivity index (χ3n) is 3.75. The second-order valence-corrected chi connectivity index (χ2v) is 5.63. The van der Waals surface area contributed by atoms with Crippen LogP contribution in [0.25, 0.3) is 0 Å². The Hall–Kier alpha value is -3.62. The lowest BCUT2D eigenvalue weighted by molar-refractivity contribution is -0.136. The second-order valence-electron chi connectivity index (χ2n) is 5.63. The number of rotatable bonds is 5. The first-order valence-corrected chi connectivity index (χ1v) is 8.10. The van der Waals surface area contributed by atoms with Gasteiger partial charge in [0.2, 0.25) is 0 Å². The van der Waals surface area contributed by atoms with Gasteiger partial charge in [0.05, 0.1) is 23.9 Å². The lowest BCUT2D eigenvalue weighted by Crippen LogP contribution is -2.14. The van der Waals surface area contributed by atoms with Crippen LogP contribution in [-0.2, 0) is 6.18 Å². The molecular formula is C19H15F3N4O2. The molecule has 2 N–H and O–H groups in total. The van der Waals surface area contributed by atoms with Crippen molar-refractivity contribution < 1.29 is 22.7 Å². The molecule has 1 aromatic heterocycles. The van der Waals surface area contributed by atoms with Crippen LogP contribution in [0.1, 0.15) is 15.9 Å². The summed E-state index contributed by atoms with van der Waals surface area (Å²) in [6.45, 7) is 0. The van der Waals surface area contributed by atoms with Crippen molar-refractivity contribution >= 4 is 23.2 Å². The van der Waals surface area contributed by atoms with Crippen LogP contribution in [0.5, 0.6) is 5.75 Å². The zero-order chi connectivity index (χ0) is 20.1. The number of aromatic nitrogens is 2. The zero-order valence-electron chi connectivity index (χ0n) is 14.6. The Morgan fingerprint density at radius 3 is 2.25 bits per heavy atom. The van der Waals surface area contributed by atoms with Crippen molar-refractivity contribution in [2.45, 2.75) is 6.18 Å². The van der Waals surface area contributed by atoms with Crippen LogP contribution in [0.2, 0.25) is 0 Å². The van der Waals surface area contributed by atoms with Crippen LogP contribution < -0.4 is 15.4 Å². The number of methoxy groups -OCH3 is 1. The van der Waals surface area contributed by atoms with Crippen molar-refractivity contribution in [2.24, 2.45) is 0 Å². The molecule has 9 heteroatoms. The van der Waals surface area contributed by atoms with Crippen molar-refractivity contribution in [3.8, 4) is 5.75 Å². The molecule has 0 aliphatic carbocycles. The summed E-state index contributed by atoms with van der Waals surface area (Å²) < 4.78 is 44.3. The quantitative estimate of drug-likeness (QED) is 0.673. The number of amides is 1. The summed E-state index contributed by atoms with van der Waals surface area (Å²) in [5.74, 6) is 0.197. The average Bonchev–Trinajstić information content (AvgIpc) is 2.69. The molecule has 2 aromatic carbocycles. The summed E-state index contributed by atoms with van der Waals surface area (Å²) in [6, 6.07) is 14.5. The molecule has 0 aliphatic rings. The van der Waals surface area contributed by atoms with Crippen LogP contribution >= 0.6 is 0 Å². The SMILES string of the molecule is COc1ccccc1C(=O)Nc1ccc(Nc2ccccc2C(F)(F)F)nn1. The highest BCUT2D eigenvalue weighted by molar-refractivity contribution is 6.05. The van der Waals surface area contributed by atoms with Crippen molar-refractivity contribution in [2.75, 3.05) is 17.7 Å². The normalized spacial score (nSPS) is 11.0. The van der Waals surface area contributed by atoms with Gasteiger partial charge in [-0.1, -0.05) is 24.3 Å². The largest absolute Gasteiger partial charge is 0.496 e. The van der Waals surface area contributed by atoms with Gasteiger partial charge in [-0.25, -0.2) is 0 Å². The van der Waals surface area contributed by atoms with E-state index in [1.165, 1.54) is 37.4 Å². The van der Waals surface area contributed by atoms with Crippen molar-refractivity contribution in [1.29, 1.82) is 0 Å². The number of hydrogen-bond donors (Lipinski definition) is 2. The number of anilines is 3. The molecule has 144 valence electrons. The highest BCUT2D eigenvalue weighted by Gasteiger charge is 2.33. The average molecular weight is 388 g/mol. The highest BCUT2D eigenvalue weighted by Crippen LogP contribution is 2.35. The Morgan fingerprint density at radius 1 is 0.929 bits per heavy atom. The molecule has 0 atom stereocenters. The van der Waals surface area contributed by atoms with Gasteiger partial charge < -0.3 is 15.4 Å². The van der Waals surface area contributed by atoms with Gasteiger partial charge in [0.15, 0.2) is 11.6 Å². The Bertz CT molecular complexity index is 975. The van der Waals surface area contributed by atoms with Crippen LogP contribution in [0.15, 0.2) is 60.7 Å². The van der Waals surface area contributed by atoms with Gasteiger partial charge in [-0.05, 0) is 36.4 Å². The molecule has 0 saturated carbocycles. The van der Waals surface area contributed by atoms with Crippen LogP contribution in [0.3, 0.4) is 0 Å². The third-order valence-corrected chi connectivity index (χ3v) is 3.75. The topological polar surface area (TPSA) is 76.1 Å². The third kappa shape index (κ3) is 4.37. The summed E-state index contributed by atoms with van der Waals surface area (Å²) in [7, 11) is 1.45. The number of carbonyl (C=O) groups is 1. The number of benzene rings is 2. The number of hydrogen-bond acceptors (Lipinski definition) is 5. The number of carbonyl (C=O) groups excluding carboxylic acids is 1. The Morgan fingerprint density at radius 2 is 1.57 bits per heavy atom. The fourth-order valence-electron chi connectivity index (χ4n) is 2.46. The molecule has 1 amide bonds. The first-order valence-electron chi connectivity index (χ1n) is 8.10. The molecular weight excluding hydrogens is 373 g/mol. The molecule has 1 heterocycles. The van der Waals surface area contributed by atoms with E-state index in [4.69, 9.17) is 4.74 Å². The van der Waals surface area contributed by atoms with E-state index in [1.807, 2.05) is 0 Å². The number of ether oxygens (including phenoxy) is 1. The van der Waals surface area contributed by atoms with Gasteiger partial charge in [0.1, 0.15) is 5.75 Å². The summed E-state index contributed by atoms with van der Waals surface area (Å²) in [6.07, 6.45) is -4.50. The molecule has 0 aliphatic heterocycles. The van der Waals surface area contributed by atoms with Gasteiger partial charge in [0.25, 0.3) is 5.91 Å². The van der Waals surface area contributed by atoms with E-state index in [1.54, 1.807) is 24.3 Å².